The third-order valence-corrected chi connectivity index (χ3v) is 2.68. The number of anilines is 2. The summed E-state index contributed by atoms with van der Waals surface area (Å²) in [4.78, 5) is 0. The van der Waals surface area contributed by atoms with Crippen LogP contribution >= 0.6 is 0 Å². The average molecular weight is 289 g/mol. The van der Waals surface area contributed by atoms with Crippen molar-refractivity contribution < 1.29 is 13.5 Å². The minimum atomic E-state index is -0.824. The number of nitriles is 1. The van der Waals surface area contributed by atoms with E-state index in [0.717, 1.165) is 12.1 Å². The van der Waals surface area contributed by atoms with Gasteiger partial charge in [0.1, 0.15) is 18.0 Å². The minimum absolute atomic E-state index is 0.0684. The number of hydrogen-bond donors (Lipinski definition) is 2. The fourth-order valence-corrected chi connectivity index (χ4v) is 1.71. The molecule has 0 radical (unpaired) electrons. The van der Waals surface area contributed by atoms with E-state index in [1.54, 1.807) is 30.3 Å². The van der Waals surface area contributed by atoms with E-state index in [1.165, 1.54) is 0 Å². The molecule has 3 N–H and O–H groups in total. The van der Waals surface area contributed by atoms with Crippen LogP contribution in [0.5, 0.6) is 5.75 Å². The molecule has 21 heavy (non-hydrogen) atoms. The number of nitrogens with one attached hydrogen (secondary N) is 1. The van der Waals surface area contributed by atoms with Crippen molar-refractivity contribution in [3.05, 3.63) is 53.6 Å². The molecule has 0 saturated carbocycles. The zero-order chi connectivity index (χ0) is 15.2. The highest BCUT2D eigenvalue weighted by molar-refractivity contribution is 5.62. The average Bonchev–Trinajstić information content (AvgIpc) is 2.49. The molecular formula is C15H13F2N3O. The molecule has 2 aromatic carbocycles. The first-order valence-electron chi connectivity index (χ1n) is 6.23. The second kappa shape index (κ2) is 6.68. The Labute approximate surface area is 120 Å². The van der Waals surface area contributed by atoms with Crippen LogP contribution in [0.4, 0.5) is 20.2 Å². The summed E-state index contributed by atoms with van der Waals surface area (Å²) in [6.45, 7) is 0.799. The van der Waals surface area contributed by atoms with Crippen LogP contribution in [0.2, 0.25) is 0 Å². The van der Waals surface area contributed by atoms with Crippen molar-refractivity contribution in [3.8, 4) is 11.8 Å². The van der Waals surface area contributed by atoms with Crippen molar-refractivity contribution in [2.45, 2.75) is 0 Å². The monoisotopic (exact) mass is 289 g/mol. The van der Waals surface area contributed by atoms with E-state index in [0.29, 0.717) is 24.6 Å². The Bertz CT molecular complexity index is 643. The lowest BCUT2D eigenvalue weighted by Gasteiger charge is -2.10. The van der Waals surface area contributed by atoms with Crippen molar-refractivity contribution in [2.24, 2.45) is 5.73 Å². The van der Waals surface area contributed by atoms with Crippen LogP contribution < -0.4 is 15.8 Å². The maximum absolute atomic E-state index is 13.7. The maximum Gasteiger partial charge on any atom is 0.150 e. The Morgan fingerprint density at radius 2 is 1.76 bits per heavy atom. The van der Waals surface area contributed by atoms with Gasteiger partial charge >= 0.3 is 0 Å². The lowest BCUT2D eigenvalue weighted by atomic mass is 10.2. The summed E-state index contributed by atoms with van der Waals surface area (Å²) in [6.07, 6.45) is 0. The van der Waals surface area contributed by atoms with Gasteiger partial charge in [-0.05, 0) is 36.4 Å². The summed E-state index contributed by atoms with van der Waals surface area (Å²) in [6, 6.07) is 10.2. The molecule has 0 aliphatic heterocycles. The Morgan fingerprint density at radius 3 is 2.29 bits per heavy atom. The van der Waals surface area contributed by atoms with Crippen LogP contribution in [-0.4, -0.2) is 13.2 Å². The van der Waals surface area contributed by atoms with Crippen molar-refractivity contribution in [1.82, 2.24) is 0 Å². The first-order chi connectivity index (χ1) is 10.1. The smallest absolute Gasteiger partial charge is 0.150 e. The molecule has 0 aromatic heterocycles. The third kappa shape index (κ3) is 3.68. The number of halogens is 2. The fraction of sp³-hybridized carbons (Fsp3) is 0.133. The van der Waals surface area contributed by atoms with Crippen LogP contribution in [0.25, 0.3) is 0 Å². The molecule has 0 atom stereocenters. The fourth-order valence-electron chi connectivity index (χ4n) is 1.71. The first-order valence-corrected chi connectivity index (χ1v) is 6.23. The zero-order valence-electron chi connectivity index (χ0n) is 11.1. The Balaban J connectivity index is 2.17. The minimum Gasteiger partial charge on any atom is -0.492 e. The first kappa shape index (κ1) is 14.8. The molecule has 0 aliphatic rings. The molecule has 2 rings (SSSR count). The summed E-state index contributed by atoms with van der Waals surface area (Å²) in [5.41, 5.74) is 5.45. The van der Waals surface area contributed by atoms with E-state index in [-0.39, 0.29) is 11.3 Å². The van der Waals surface area contributed by atoms with Gasteiger partial charge in [-0.25, -0.2) is 8.78 Å². The molecule has 4 nitrogen and oxygen atoms in total. The molecule has 0 amide bonds. The highest BCUT2D eigenvalue weighted by Crippen LogP contribution is 2.25. The molecule has 2 aromatic rings. The van der Waals surface area contributed by atoms with Gasteiger partial charge in [0.05, 0.1) is 11.6 Å². The quantitative estimate of drug-likeness (QED) is 0.887. The summed E-state index contributed by atoms with van der Waals surface area (Å²) >= 11 is 0. The molecule has 0 heterocycles. The highest BCUT2D eigenvalue weighted by Gasteiger charge is 2.11. The van der Waals surface area contributed by atoms with Gasteiger partial charge in [0.25, 0.3) is 0 Å². The second-order valence-electron chi connectivity index (χ2n) is 4.21. The van der Waals surface area contributed by atoms with Crippen molar-refractivity contribution >= 4 is 11.4 Å². The van der Waals surface area contributed by atoms with Crippen LogP contribution in [-0.2, 0) is 0 Å². The molecule has 108 valence electrons. The highest BCUT2D eigenvalue weighted by atomic mass is 19.1. The molecule has 0 aliphatic carbocycles. The zero-order valence-corrected chi connectivity index (χ0v) is 11.1. The summed E-state index contributed by atoms with van der Waals surface area (Å²) in [5, 5.41) is 11.3. The predicted molar refractivity (Wildman–Crippen MR) is 75.3 cm³/mol. The standard InChI is InChI=1S/C15H13F2N3O/c16-13-7-10(9-19)8-14(17)15(13)20-11-1-3-12(4-2-11)21-6-5-18/h1-4,7-8,20H,5-6,18H2. The van der Waals surface area contributed by atoms with Gasteiger partial charge in [-0.2, -0.15) is 5.26 Å². The van der Waals surface area contributed by atoms with Crippen molar-refractivity contribution in [3.63, 3.8) is 0 Å². The number of nitrogens with two attached hydrogens (primary N) is 1. The number of nitrogens with zero attached hydrogens (tertiary/aromatic N) is 1. The van der Waals surface area contributed by atoms with Crippen molar-refractivity contribution in [2.75, 3.05) is 18.5 Å². The van der Waals surface area contributed by atoms with Gasteiger partial charge in [-0.3, -0.25) is 0 Å². The van der Waals surface area contributed by atoms with E-state index in [4.69, 9.17) is 15.7 Å². The lowest BCUT2D eigenvalue weighted by molar-refractivity contribution is 0.328. The van der Waals surface area contributed by atoms with Crippen molar-refractivity contribution in [1.29, 1.82) is 5.26 Å². The summed E-state index contributed by atoms with van der Waals surface area (Å²) in [7, 11) is 0. The maximum atomic E-state index is 13.7. The molecule has 0 unspecified atom stereocenters. The van der Waals surface area contributed by atoms with Crippen LogP contribution in [0.15, 0.2) is 36.4 Å². The van der Waals surface area contributed by atoms with Gasteiger partial charge in [-0.15, -0.1) is 0 Å². The van der Waals surface area contributed by atoms with Crippen LogP contribution in [0.3, 0.4) is 0 Å². The molecular weight excluding hydrogens is 276 g/mol. The van der Waals surface area contributed by atoms with Gasteiger partial charge in [0.15, 0.2) is 11.6 Å². The predicted octanol–water partition coefficient (Wildman–Crippen LogP) is 2.92. The Hall–Kier alpha value is -2.65. The SMILES string of the molecule is N#Cc1cc(F)c(Nc2ccc(OCCN)cc2)c(F)c1. The third-order valence-electron chi connectivity index (χ3n) is 2.68. The largest absolute Gasteiger partial charge is 0.492 e. The van der Waals surface area contributed by atoms with E-state index in [9.17, 15) is 8.78 Å². The second-order valence-corrected chi connectivity index (χ2v) is 4.21. The van der Waals surface area contributed by atoms with Crippen LogP contribution in [0, 0.1) is 23.0 Å². The van der Waals surface area contributed by atoms with Gasteiger partial charge in [-0.1, -0.05) is 0 Å². The molecule has 0 saturated heterocycles. The summed E-state index contributed by atoms with van der Waals surface area (Å²) in [5.74, 6) is -1.03. The normalized spacial score (nSPS) is 10.0. The van der Waals surface area contributed by atoms with Gasteiger partial charge in [0.2, 0.25) is 0 Å². The summed E-state index contributed by atoms with van der Waals surface area (Å²) < 4.78 is 32.8. The number of rotatable bonds is 5. The Kier molecular flexibility index (Phi) is 4.69. The van der Waals surface area contributed by atoms with E-state index in [1.807, 2.05) is 0 Å². The molecule has 0 fully saturated rings. The topological polar surface area (TPSA) is 71.1 Å². The van der Waals surface area contributed by atoms with E-state index >= 15 is 0 Å². The number of hydrogen-bond acceptors (Lipinski definition) is 4. The van der Waals surface area contributed by atoms with Gasteiger partial charge in [0, 0.05) is 12.2 Å². The van der Waals surface area contributed by atoms with E-state index < -0.39 is 11.6 Å². The molecule has 6 heteroatoms. The van der Waals surface area contributed by atoms with Gasteiger partial charge < -0.3 is 15.8 Å². The molecule has 0 bridgehead atoms. The molecule has 0 spiro atoms. The Morgan fingerprint density at radius 1 is 1.14 bits per heavy atom. The number of benzene rings is 2. The number of ether oxygens (including phenoxy) is 1. The lowest BCUT2D eigenvalue weighted by Crippen LogP contribution is -2.10. The van der Waals surface area contributed by atoms with Crippen LogP contribution in [0.1, 0.15) is 5.56 Å². The van der Waals surface area contributed by atoms with E-state index in [2.05, 4.69) is 5.32 Å².